The van der Waals surface area contributed by atoms with Crippen molar-refractivity contribution in [2.45, 2.75) is 6.42 Å². The van der Waals surface area contributed by atoms with Gasteiger partial charge >= 0.3 is 5.97 Å². The maximum absolute atomic E-state index is 10.9. The fourth-order valence-electron chi connectivity index (χ4n) is 1.92. The number of pyridine rings is 1. The molecule has 21 heavy (non-hydrogen) atoms. The molecule has 2 heterocycles. The van der Waals surface area contributed by atoms with Crippen molar-refractivity contribution in [2.75, 3.05) is 0 Å². The van der Waals surface area contributed by atoms with Crippen molar-refractivity contribution in [1.29, 1.82) is 0 Å². The smallest absolute Gasteiger partial charge is 0.335 e. The third-order valence-electron chi connectivity index (χ3n) is 2.90. The minimum Gasteiger partial charge on any atom is -0.478 e. The lowest BCUT2D eigenvalue weighted by molar-refractivity contribution is 0.0696. The molecule has 3 rings (SSSR count). The lowest BCUT2D eigenvalue weighted by Crippen LogP contribution is -1.97. The highest BCUT2D eigenvalue weighted by Gasteiger charge is 2.10. The molecule has 0 aliphatic heterocycles. The van der Waals surface area contributed by atoms with E-state index in [0.29, 0.717) is 18.2 Å². The van der Waals surface area contributed by atoms with Gasteiger partial charge in [0.1, 0.15) is 0 Å². The predicted octanol–water partition coefficient (Wildman–Crippen LogP) is 2.42. The van der Waals surface area contributed by atoms with Crippen LogP contribution in [0.3, 0.4) is 0 Å². The molecule has 6 heteroatoms. The van der Waals surface area contributed by atoms with Crippen molar-refractivity contribution >= 4 is 5.97 Å². The zero-order chi connectivity index (χ0) is 14.7. The summed E-state index contributed by atoms with van der Waals surface area (Å²) in [6.07, 6.45) is 3.69. The Morgan fingerprint density at radius 3 is 2.86 bits per heavy atom. The van der Waals surface area contributed by atoms with E-state index in [2.05, 4.69) is 15.2 Å². The lowest BCUT2D eigenvalue weighted by Gasteiger charge is -1.99. The summed E-state index contributed by atoms with van der Waals surface area (Å²) in [5, 5.41) is 16.9. The Bertz CT molecular complexity index is 769. The van der Waals surface area contributed by atoms with Crippen molar-refractivity contribution in [2.24, 2.45) is 0 Å². The van der Waals surface area contributed by atoms with E-state index in [9.17, 15) is 4.79 Å². The maximum atomic E-state index is 10.9. The second-order valence-corrected chi connectivity index (χ2v) is 4.42. The van der Waals surface area contributed by atoms with Crippen molar-refractivity contribution < 1.29 is 14.3 Å². The van der Waals surface area contributed by atoms with Gasteiger partial charge in [-0.05, 0) is 29.8 Å². The van der Waals surface area contributed by atoms with E-state index in [1.54, 1.807) is 36.7 Å². The number of benzene rings is 1. The van der Waals surface area contributed by atoms with Crippen molar-refractivity contribution in [3.8, 4) is 11.5 Å². The number of carbonyl (C=O) groups is 1. The van der Waals surface area contributed by atoms with E-state index in [1.165, 1.54) is 0 Å². The number of carboxylic acid groups (broad SMARTS) is 1. The SMILES string of the molecule is O=C(O)c1cccc(Cc2nnc(-c3cccnc3)o2)c1. The number of aromatic nitrogens is 3. The largest absolute Gasteiger partial charge is 0.478 e. The summed E-state index contributed by atoms with van der Waals surface area (Å²) in [6.45, 7) is 0. The highest BCUT2D eigenvalue weighted by atomic mass is 16.4. The predicted molar refractivity (Wildman–Crippen MR) is 73.7 cm³/mol. The third-order valence-corrected chi connectivity index (χ3v) is 2.90. The molecule has 3 aromatic rings. The summed E-state index contributed by atoms with van der Waals surface area (Å²) in [7, 11) is 0. The summed E-state index contributed by atoms with van der Waals surface area (Å²) in [6, 6.07) is 10.3. The quantitative estimate of drug-likeness (QED) is 0.790. The number of carboxylic acids is 1. The van der Waals surface area contributed by atoms with Gasteiger partial charge in [0, 0.05) is 12.4 Å². The van der Waals surface area contributed by atoms with Crippen LogP contribution in [0.25, 0.3) is 11.5 Å². The molecule has 0 saturated carbocycles. The third kappa shape index (κ3) is 2.94. The zero-order valence-corrected chi connectivity index (χ0v) is 10.9. The molecule has 0 bridgehead atoms. The number of hydrogen-bond donors (Lipinski definition) is 1. The Morgan fingerprint density at radius 1 is 1.19 bits per heavy atom. The average molecular weight is 281 g/mol. The van der Waals surface area contributed by atoms with Gasteiger partial charge in [-0.25, -0.2) is 4.79 Å². The molecule has 1 N–H and O–H groups in total. The monoisotopic (exact) mass is 281 g/mol. The summed E-state index contributed by atoms with van der Waals surface area (Å²) >= 11 is 0. The molecule has 0 atom stereocenters. The van der Waals surface area contributed by atoms with Gasteiger partial charge in [-0.2, -0.15) is 0 Å². The summed E-state index contributed by atoms with van der Waals surface area (Å²) in [5.74, 6) is -0.137. The second kappa shape index (κ2) is 5.54. The minimum absolute atomic E-state index is 0.236. The van der Waals surface area contributed by atoms with Crippen molar-refractivity contribution in [1.82, 2.24) is 15.2 Å². The maximum Gasteiger partial charge on any atom is 0.335 e. The standard InChI is InChI=1S/C15H11N3O3/c19-15(20)11-4-1-3-10(7-11)8-13-17-18-14(21-13)12-5-2-6-16-9-12/h1-7,9H,8H2,(H,19,20). The molecular formula is C15H11N3O3. The average Bonchev–Trinajstić information content (AvgIpc) is 2.97. The van der Waals surface area contributed by atoms with E-state index < -0.39 is 5.97 Å². The fourth-order valence-corrected chi connectivity index (χ4v) is 1.92. The Labute approximate surface area is 120 Å². The molecule has 0 saturated heterocycles. The van der Waals surface area contributed by atoms with Crippen LogP contribution in [0.15, 0.2) is 53.2 Å². The second-order valence-electron chi connectivity index (χ2n) is 4.42. The van der Waals surface area contributed by atoms with E-state index in [0.717, 1.165) is 11.1 Å². The Balaban J connectivity index is 1.82. The van der Waals surface area contributed by atoms with Crippen LogP contribution in [0.2, 0.25) is 0 Å². The van der Waals surface area contributed by atoms with Crippen LogP contribution in [0.5, 0.6) is 0 Å². The van der Waals surface area contributed by atoms with Crippen molar-refractivity contribution in [3.05, 3.63) is 65.8 Å². The van der Waals surface area contributed by atoms with Crippen LogP contribution in [0, 0.1) is 0 Å². The first-order chi connectivity index (χ1) is 10.2. The zero-order valence-electron chi connectivity index (χ0n) is 10.9. The van der Waals surface area contributed by atoms with Gasteiger partial charge in [0.15, 0.2) is 0 Å². The van der Waals surface area contributed by atoms with Crippen LogP contribution < -0.4 is 0 Å². The van der Waals surface area contributed by atoms with Gasteiger partial charge in [-0.15, -0.1) is 10.2 Å². The Hall–Kier alpha value is -3.02. The molecule has 2 aromatic heterocycles. The molecule has 0 radical (unpaired) electrons. The number of aromatic carboxylic acids is 1. The molecule has 0 fully saturated rings. The van der Waals surface area contributed by atoms with Gasteiger partial charge < -0.3 is 9.52 Å². The topological polar surface area (TPSA) is 89.1 Å². The molecule has 0 aliphatic carbocycles. The van der Waals surface area contributed by atoms with Gasteiger partial charge in [-0.1, -0.05) is 12.1 Å². The molecule has 104 valence electrons. The summed E-state index contributed by atoms with van der Waals surface area (Å²) < 4.78 is 5.56. The molecule has 0 spiro atoms. The Morgan fingerprint density at radius 2 is 2.10 bits per heavy atom. The number of hydrogen-bond acceptors (Lipinski definition) is 5. The molecule has 0 unspecified atom stereocenters. The van der Waals surface area contributed by atoms with E-state index in [1.807, 2.05) is 12.1 Å². The van der Waals surface area contributed by atoms with Crippen LogP contribution in [0.4, 0.5) is 0 Å². The molecule has 0 amide bonds. The van der Waals surface area contributed by atoms with Crippen LogP contribution in [-0.4, -0.2) is 26.3 Å². The number of nitrogens with zero attached hydrogens (tertiary/aromatic N) is 3. The van der Waals surface area contributed by atoms with Crippen LogP contribution in [0.1, 0.15) is 21.8 Å². The molecular weight excluding hydrogens is 270 g/mol. The van der Waals surface area contributed by atoms with E-state index in [4.69, 9.17) is 9.52 Å². The van der Waals surface area contributed by atoms with E-state index >= 15 is 0 Å². The van der Waals surface area contributed by atoms with Crippen LogP contribution in [-0.2, 0) is 6.42 Å². The molecule has 0 aliphatic rings. The summed E-state index contributed by atoms with van der Waals surface area (Å²) in [4.78, 5) is 14.9. The van der Waals surface area contributed by atoms with Gasteiger partial charge in [0.2, 0.25) is 11.8 Å². The fraction of sp³-hybridized carbons (Fsp3) is 0.0667. The highest BCUT2D eigenvalue weighted by Crippen LogP contribution is 2.18. The van der Waals surface area contributed by atoms with Gasteiger partial charge in [-0.3, -0.25) is 4.98 Å². The first-order valence-corrected chi connectivity index (χ1v) is 6.27. The van der Waals surface area contributed by atoms with Crippen LogP contribution >= 0.6 is 0 Å². The first-order valence-electron chi connectivity index (χ1n) is 6.27. The Kier molecular flexibility index (Phi) is 3.42. The molecule has 1 aromatic carbocycles. The first kappa shape index (κ1) is 13.0. The van der Waals surface area contributed by atoms with E-state index in [-0.39, 0.29) is 5.56 Å². The highest BCUT2D eigenvalue weighted by molar-refractivity contribution is 5.87. The normalized spacial score (nSPS) is 10.5. The minimum atomic E-state index is -0.960. The lowest BCUT2D eigenvalue weighted by atomic mass is 10.1. The van der Waals surface area contributed by atoms with Crippen molar-refractivity contribution in [3.63, 3.8) is 0 Å². The molecule has 6 nitrogen and oxygen atoms in total. The van der Waals surface area contributed by atoms with Gasteiger partial charge in [0.05, 0.1) is 17.5 Å². The van der Waals surface area contributed by atoms with Gasteiger partial charge in [0.25, 0.3) is 0 Å². The summed E-state index contributed by atoms with van der Waals surface area (Å²) in [5.41, 5.74) is 1.78. The number of rotatable bonds is 4.